The van der Waals surface area contributed by atoms with Crippen LogP contribution in [0, 0.1) is 12.8 Å². The van der Waals surface area contributed by atoms with E-state index in [-0.39, 0.29) is 0 Å². The molecule has 0 unspecified atom stereocenters. The van der Waals surface area contributed by atoms with Crippen molar-refractivity contribution in [3.05, 3.63) is 51.8 Å². The van der Waals surface area contributed by atoms with Crippen LogP contribution in [0.1, 0.15) is 30.7 Å². The number of rotatable bonds is 6. The van der Waals surface area contributed by atoms with Crippen LogP contribution in [0.2, 0.25) is 0 Å². The quantitative estimate of drug-likeness (QED) is 0.871. The fraction of sp³-hybridized carbons (Fsp3) is 0.438. The number of halogens is 1. The third kappa shape index (κ3) is 4.18. The van der Waals surface area contributed by atoms with Crippen molar-refractivity contribution in [2.45, 2.75) is 33.9 Å². The second-order valence-electron chi connectivity index (χ2n) is 5.58. The van der Waals surface area contributed by atoms with E-state index in [2.05, 4.69) is 65.3 Å². The van der Waals surface area contributed by atoms with Crippen LogP contribution >= 0.6 is 15.9 Å². The van der Waals surface area contributed by atoms with Gasteiger partial charge in [-0.2, -0.15) is 5.10 Å². The summed E-state index contributed by atoms with van der Waals surface area (Å²) in [5.41, 5.74) is 3.74. The van der Waals surface area contributed by atoms with Crippen LogP contribution in [0.5, 0.6) is 0 Å². The van der Waals surface area contributed by atoms with Crippen molar-refractivity contribution >= 4 is 15.9 Å². The van der Waals surface area contributed by atoms with E-state index in [1.165, 1.54) is 16.8 Å². The van der Waals surface area contributed by atoms with Gasteiger partial charge in [-0.3, -0.25) is 4.68 Å². The lowest BCUT2D eigenvalue weighted by Gasteiger charge is -2.11. The fourth-order valence-electron chi connectivity index (χ4n) is 2.06. The first-order valence-corrected chi connectivity index (χ1v) is 7.82. The molecule has 0 saturated heterocycles. The predicted molar refractivity (Wildman–Crippen MR) is 86.8 cm³/mol. The van der Waals surface area contributed by atoms with Gasteiger partial charge in [-0.1, -0.05) is 41.9 Å². The van der Waals surface area contributed by atoms with Crippen molar-refractivity contribution in [3.63, 3.8) is 0 Å². The minimum atomic E-state index is 0.681. The lowest BCUT2D eigenvalue weighted by molar-refractivity contribution is 0.552. The number of aryl methyl sites for hydroxylation is 1. The highest BCUT2D eigenvalue weighted by atomic mass is 79.9. The lowest BCUT2D eigenvalue weighted by atomic mass is 10.1. The van der Waals surface area contributed by atoms with Crippen LogP contribution in [0.25, 0.3) is 0 Å². The summed E-state index contributed by atoms with van der Waals surface area (Å²) in [6.07, 6.45) is 1.84. The first kappa shape index (κ1) is 15.3. The summed E-state index contributed by atoms with van der Waals surface area (Å²) in [5.74, 6) is 0.681. The third-order valence-corrected chi connectivity index (χ3v) is 3.99. The van der Waals surface area contributed by atoms with Crippen LogP contribution in [0.4, 0.5) is 0 Å². The highest BCUT2D eigenvalue weighted by molar-refractivity contribution is 9.10. The molecule has 0 atom stereocenters. The zero-order valence-electron chi connectivity index (χ0n) is 12.4. The summed E-state index contributed by atoms with van der Waals surface area (Å²) >= 11 is 3.67. The van der Waals surface area contributed by atoms with Crippen LogP contribution < -0.4 is 5.32 Å². The molecule has 1 aromatic heterocycles. The molecule has 0 aliphatic heterocycles. The molecular weight excluding hydrogens is 314 g/mol. The molecule has 1 aromatic carbocycles. The lowest BCUT2D eigenvalue weighted by Crippen LogP contribution is -2.19. The molecule has 0 amide bonds. The zero-order valence-corrected chi connectivity index (χ0v) is 13.9. The number of benzene rings is 1. The van der Waals surface area contributed by atoms with Crippen molar-refractivity contribution in [1.29, 1.82) is 0 Å². The molecule has 2 rings (SSSR count). The Morgan fingerprint density at radius 3 is 2.70 bits per heavy atom. The normalized spacial score (nSPS) is 11.2. The van der Waals surface area contributed by atoms with Crippen LogP contribution in [-0.2, 0) is 13.1 Å². The molecule has 2 aromatic rings. The Morgan fingerprint density at radius 1 is 1.30 bits per heavy atom. The molecule has 1 heterocycles. The smallest absolute Gasteiger partial charge is 0.0673 e. The van der Waals surface area contributed by atoms with E-state index >= 15 is 0 Å². The molecule has 20 heavy (non-hydrogen) atoms. The molecule has 0 spiro atoms. The van der Waals surface area contributed by atoms with E-state index in [1.54, 1.807) is 0 Å². The van der Waals surface area contributed by atoms with Crippen molar-refractivity contribution < 1.29 is 0 Å². The van der Waals surface area contributed by atoms with E-state index in [1.807, 2.05) is 16.9 Å². The molecule has 0 aliphatic carbocycles. The molecule has 1 N–H and O–H groups in total. The Kier molecular flexibility index (Phi) is 5.38. The molecule has 0 saturated carbocycles. The van der Waals surface area contributed by atoms with Gasteiger partial charge in [0.15, 0.2) is 0 Å². The summed E-state index contributed by atoms with van der Waals surface area (Å²) in [5, 5.41) is 7.79. The molecule has 0 aliphatic rings. The molecule has 108 valence electrons. The zero-order chi connectivity index (χ0) is 14.5. The van der Waals surface area contributed by atoms with Gasteiger partial charge in [0, 0.05) is 22.9 Å². The molecule has 0 fully saturated rings. The highest BCUT2D eigenvalue weighted by Gasteiger charge is 2.05. The van der Waals surface area contributed by atoms with Gasteiger partial charge in [0.25, 0.3) is 0 Å². The molecule has 0 bridgehead atoms. The number of nitrogens with one attached hydrogen (secondary N) is 1. The van der Waals surface area contributed by atoms with Gasteiger partial charge in [-0.25, -0.2) is 0 Å². The average Bonchev–Trinajstić information content (AvgIpc) is 2.78. The van der Waals surface area contributed by atoms with Crippen LogP contribution in [0.15, 0.2) is 34.9 Å². The standard InChI is InChI=1S/C16H22BrN3/c1-12(2)9-18-10-14-4-5-15(16(17)8-14)11-20-13(3)6-7-19-20/h4-8,12,18H,9-11H2,1-3H3. The third-order valence-electron chi connectivity index (χ3n) is 3.25. The number of aromatic nitrogens is 2. The van der Waals surface area contributed by atoms with Crippen molar-refractivity contribution in [3.8, 4) is 0 Å². The monoisotopic (exact) mass is 335 g/mol. The van der Waals surface area contributed by atoms with E-state index < -0.39 is 0 Å². The van der Waals surface area contributed by atoms with Gasteiger partial charge in [0.05, 0.1) is 6.54 Å². The van der Waals surface area contributed by atoms with Crippen LogP contribution in [0.3, 0.4) is 0 Å². The summed E-state index contributed by atoms with van der Waals surface area (Å²) in [7, 11) is 0. The molecular formula is C16H22BrN3. The van der Waals surface area contributed by atoms with Gasteiger partial charge >= 0.3 is 0 Å². The number of hydrogen-bond donors (Lipinski definition) is 1. The maximum Gasteiger partial charge on any atom is 0.0673 e. The maximum atomic E-state index is 4.33. The summed E-state index contributed by atoms with van der Waals surface area (Å²) in [6, 6.07) is 8.59. The topological polar surface area (TPSA) is 29.9 Å². The minimum Gasteiger partial charge on any atom is -0.312 e. The van der Waals surface area contributed by atoms with E-state index in [0.717, 1.165) is 24.1 Å². The molecule has 4 heteroatoms. The van der Waals surface area contributed by atoms with Gasteiger partial charge in [0.1, 0.15) is 0 Å². The first-order valence-electron chi connectivity index (χ1n) is 7.02. The maximum absolute atomic E-state index is 4.33. The van der Waals surface area contributed by atoms with Gasteiger partial charge in [-0.15, -0.1) is 0 Å². The SMILES string of the molecule is Cc1ccnn1Cc1ccc(CNCC(C)C)cc1Br. The van der Waals surface area contributed by atoms with E-state index in [9.17, 15) is 0 Å². The van der Waals surface area contributed by atoms with E-state index in [0.29, 0.717) is 5.92 Å². The Morgan fingerprint density at radius 2 is 2.10 bits per heavy atom. The van der Waals surface area contributed by atoms with Crippen molar-refractivity contribution in [1.82, 2.24) is 15.1 Å². The average molecular weight is 336 g/mol. The Hall–Kier alpha value is -1.13. The highest BCUT2D eigenvalue weighted by Crippen LogP contribution is 2.20. The minimum absolute atomic E-state index is 0.681. The summed E-state index contributed by atoms with van der Waals surface area (Å²) in [6.45, 7) is 9.28. The second-order valence-corrected chi connectivity index (χ2v) is 6.44. The predicted octanol–water partition coefficient (Wildman–Crippen LogP) is 3.75. The van der Waals surface area contributed by atoms with E-state index in [4.69, 9.17) is 0 Å². The largest absolute Gasteiger partial charge is 0.312 e. The number of nitrogens with zero attached hydrogens (tertiary/aromatic N) is 2. The Labute approximate surface area is 129 Å². The summed E-state index contributed by atoms with van der Waals surface area (Å²) in [4.78, 5) is 0. The fourth-order valence-corrected chi connectivity index (χ4v) is 2.61. The Balaban J connectivity index is 2.01. The second kappa shape index (κ2) is 7.04. The van der Waals surface area contributed by atoms with Crippen LogP contribution in [-0.4, -0.2) is 16.3 Å². The van der Waals surface area contributed by atoms with Gasteiger partial charge < -0.3 is 5.32 Å². The van der Waals surface area contributed by atoms with Crippen molar-refractivity contribution in [2.75, 3.05) is 6.54 Å². The first-order chi connectivity index (χ1) is 9.56. The molecule has 3 nitrogen and oxygen atoms in total. The van der Waals surface area contributed by atoms with Gasteiger partial charge in [-0.05, 0) is 42.6 Å². The van der Waals surface area contributed by atoms with Crippen molar-refractivity contribution in [2.24, 2.45) is 5.92 Å². The number of hydrogen-bond acceptors (Lipinski definition) is 2. The Bertz CT molecular complexity index is 561. The van der Waals surface area contributed by atoms with Gasteiger partial charge in [0.2, 0.25) is 0 Å². The molecule has 0 radical (unpaired) electrons. The summed E-state index contributed by atoms with van der Waals surface area (Å²) < 4.78 is 3.16.